The van der Waals surface area contributed by atoms with E-state index in [4.69, 9.17) is 9.47 Å². The van der Waals surface area contributed by atoms with Crippen LogP contribution < -0.4 is 0 Å². The number of hydrogen-bond acceptors (Lipinski definition) is 6. The molecule has 2 heterocycles. The molecule has 0 N–H and O–H groups in total. The first kappa shape index (κ1) is 13.9. The molecular formula is C14H18O5S. The molecule has 0 amide bonds. The second-order valence-electron chi connectivity index (χ2n) is 6.59. The van der Waals surface area contributed by atoms with Crippen molar-refractivity contribution in [2.45, 2.75) is 50.9 Å². The first-order chi connectivity index (χ1) is 9.23. The summed E-state index contributed by atoms with van der Waals surface area (Å²) in [5, 5.41) is -0.299. The van der Waals surface area contributed by atoms with Crippen molar-refractivity contribution in [3.05, 3.63) is 0 Å². The lowest BCUT2D eigenvalue weighted by molar-refractivity contribution is -0.163. The second kappa shape index (κ2) is 4.00. The lowest BCUT2D eigenvalue weighted by Gasteiger charge is -2.35. The van der Waals surface area contributed by atoms with Gasteiger partial charge in [0.15, 0.2) is 5.60 Å². The minimum Gasteiger partial charge on any atom is -0.464 e. The number of fused-ring (bicyclic) bond motifs is 2. The molecule has 0 aromatic carbocycles. The smallest absolute Gasteiger partial charge is 0.313 e. The fraction of sp³-hybridized carbons (Fsp3) is 0.786. The van der Waals surface area contributed by atoms with Crippen LogP contribution in [0.25, 0.3) is 0 Å². The van der Waals surface area contributed by atoms with Crippen LogP contribution >= 0.6 is 11.8 Å². The largest absolute Gasteiger partial charge is 0.464 e. The van der Waals surface area contributed by atoms with E-state index in [1.807, 2.05) is 20.8 Å². The molecule has 110 valence electrons. The zero-order valence-electron chi connectivity index (χ0n) is 11.9. The minimum absolute atomic E-state index is 0.139. The maximum atomic E-state index is 12.7. The Morgan fingerprint density at radius 1 is 1.25 bits per heavy atom. The number of carbonyl (C=O) groups excluding carboxylic acids is 3. The van der Waals surface area contributed by atoms with Gasteiger partial charge in [0.2, 0.25) is 5.12 Å². The Hall–Kier alpha value is -1.04. The van der Waals surface area contributed by atoms with E-state index in [1.165, 1.54) is 0 Å². The number of carbonyl (C=O) groups is 3. The van der Waals surface area contributed by atoms with Crippen molar-refractivity contribution in [2.24, 2.45) is 10.8 Å². The van der Waals surface area contributed by atoms with Crippen LogP contribution in [0.15, 0.2) is 0 Å². The summed E-state index contributed by atoms with van der Waals surface area (Å²) >= 11 is 1.10. The summed E-state index contributed by atoms with van der Waals surface area (Å²) in [5.41, 5.74) is -2.16. The number of esters is 2. The minimum atomic E-state index is -1.05. The fourth-order valence-corrected chi connectivity index (χ4v) is 4.76. The molecule has 20 heavy (non-hydrogen) atoms. The topological polar surface area (TPSA) is 69.7 Å². The van der Waals surface area contributed by atoms with Crippen molar-refractivity contribution >= 4 is 28.8 Å². The SMILES string of the molecule is CC1(C)[C@@]2(C(=O)SC3COC(=O)C3)CC[C@]1(C)C(=O)O2. The molecular weight excluding hydrogens is 280 g/mol. The Kier molecular flexibility index (Phi) is 2.78. The molecule has 1 unspecified atom stereocenters. The van der Waals surface area contributed by atoms with E-state index in [-0.39, 0.29) is 35.3 Å². The molecule has 6 heteroatoms. The van der Waals surface area contributed by atoms with Gasteiger partial charge in [-0.1, -0.05) is 25.6 Å². The summed E-state index contributed by atoms with van der Waals surface area (Å²) in [6.45, 7) is 6.00. The summed E-state index contributed by atoms with van der Waals surface area (Å²) in [7, 11) is 0. The van der Waals surface area contributed by atoms with Crippen LogP contribution in [0.2, 0.25) is 0 Å². The van der Waals surface area contributed by atoms with E-state index in [2.05, 4.69) is 0 Å². The van der Waals surface area contributed by atoms with E-state index in [1.54, 1.807) is 0 Å². The number of rotatable bonds is 2. The predicted octanol–water partition coefficient (Wildman–Crippen LogP) is 1.68. The van der Waals surface area contributed by atoms with Gasteiger partial charge in [-0.05, 0) is 19.8 Å². The molecule has 3 atom stereocenters. The number of ether oxygens (including phenoxy) is 2. The van der Waals surface area contributed by atoms with Gasteiger partial charge in [-0.2, -0.15) is 0 Å². The monoisotopic (exact) mass is 298 g/mol. The molecule has 0 spiro atoms. The van der Waals surface area contributed by atoms with Gasteiger partial charge < -0.3 is 9.47 Å². The molecule has 0 aromatic rings. The van der Waals surface area contributed by atoms with E-state index in [9.17, 15) is 14.4 Å². The van der Waals surface area contributed by atoms with Gasteiger partial charge in [-0.25, -0.2) is 0 Å². The van der Waals surface area contributed by atoms with Crippen molar-refractivity contribution in [3.63, 3.8) is 0 Å². The summed E-state index contributed by atoms with van der Waals surface area (Å²) < 4.78 is 10.4. The van der Waals surface area contributed by atoms with Gasteiger partial charge in [0.1, 0.15) is 6.61 Å². The third kappa shape index (κ3) is 1.48. The van der Waals surface area contributed by atoms with Gasteiger partial charge in [0, 0.05) is 5.41 Å². The van der Waals surface area contributed by atoms with Gasteiger partial charge in [-0.3, -0.25) is 14.4 Å². The first-order valence-electron chi connectivity index (χ1n) is 6.83. The molecule has 3 aliphatic rings. The van der Waals surface area contributed by atoms with Gasteiger partial charge >= 0.3 is 11.9 Å². The summed E-state index contributed by atoms with van der Waals surface area (Å²) in [4.78, 5) is 35.9. The highest BCUT2D eigenvalue weighted by Gasteiger charge is 2.75. The maximum absolute atomic E-state index is 12.7. The van der Waals surface area contributed by atoms with E-state index < -0.39 is 16.4 Å². The Morgan fingerprint density at radius 3 is 2.40 bits per heavy atom. The molecule has 5 nitrogen and oxygen atoms in total. The van der Waals surface area contributed by atoms with Gasteiger partial charge in [0.25, 0.3) is 0 Å². The van der Waals surface area contributed by atoms with Crippen LogP contribution in [-0.4, -0.2) is 34.5 Å². The van der Waals surface area contributed by atoms with Crippen molar-refractivity contribution < 1.29 is 23.9 Å². The standard InChI is InChI=1S/C14H18O5S/c1-12(2)13(3)4-5-14(12,19-10(13)16)11(17)20-8-6-9(15)18-7-8/h8H,4-7H2,1-3H3/t8?,13-,14+/m1/s1. The fourth-order valence-electron chi connectivity index (χ4n) is 3.51. The Balaban J connectivity index is 1.84. The summed E-state index contributed by atoms with van der Waals surface area (Å²) in [5.74, 6) is -0.548. The molecule has 2 bridgehead atoms. The van der Waals surface area contributed by atoms with Crippen LogP contribution in [0.5, 0.6) is 0 Å². The highest BCUT2D eigenvalue weighted by Crippen LogP contribution is 2.66. The number of hydrogen-bond donors (Lipinski definition) is 0. The first-order valence-corrected chi connectivity index (χ1v) is 7.71. The Morgan fingerprint density at radius 2 is 1.95 bits per heavy atom. The third-order valence-corrected chi connectivity index (χ3v) is 6.69. The van der Waals surface area contributed by atoms with Gasteiger partial charge in [0.05, 0.1) is 17.1 Å². The molecule has 2 saturated heterocycles. The Labute approximate surface area is 121 Å². The zero-order valence-corrected chi connectivity index (χ0v) is 12.7. The third-order valence-electron chi connectivity index (χ3n) is 5.51. The van der Waals surface area contributed by atoms with Crippen LogP contribution in [0.4, 0.5) is 0 Å². The van der Waals surface area contributed by atoms with E-state index in [0.29, 0.717) is 12.8 Å². The highest BCUT2D eigenvalue weighted by atomic mass is 32.2. The summed E-state index contributed by atoms with van der Waals surface area (Å²) in [6, 6.07) is 0. The van der Waals surface area contributed by atoms with Crippen molar-refractivity contribution in [3.8, 4) is 0 Å². The molecule has 0 radical (unpaired) electrons. The second-order valence-corrected chi connectivity index (χ2v) is 7.86. The van der Waals surface area contributed by atoms with E-state index in [0.717, 1.165) is 11.8 Å². The molecule has 0 aromatic heterocycles. The zero-order chi connectivity index (χ0) is 14.8. The van der Waals surface area contributed by atoms with Crippen LogP contribution in [0, 0.1) is 10.8 Å². The van der Waals surface area contributed by atoms with Crippen molar-refractivity contribution in [2.75, 3.05) is 6.61 Å². The number of cyclic esters (lactones) is 1. The normalized spacial score (nSPS) is 41.6. The van der Waals surface area contributed by atoms with Crippen molar-refractivity contribution in [1.82, 2.24) is 0 Å². The lowest BCUT2D eigenvalue weighted by Crippen LogP contribution is -2.47. The molecule has 2 aliphatic heterocycles. The molecule has 1 aliphatic carbocycles. The van der Waals surface area contributed by atoms with Crippen LogP contribution in [-0.2, 0) is 23.9 Å². The Bertz CT molecular complexity index is 514. The molecule has 1 saturated carbocycles. The van der Waals surface area contributed by atoms with Crippen LogP contribution in [0.3, 0.4) is 0 Å². The predicted molar refractivity (Wildman–Crippen MR) is 71.9 cm³/mol. The van der Waals surface area contributed by atoms with Crippen LogP contribution in [0.1, 0.15) is 40.0 Å². The average molecular weight is 298 g/mol. The molecule has 3 fully saturated rings. The quantitative estimate of drug-likeness (QED) is 0.722. The lowest BCUT2D eigenvalue weighted by atomic mass is 9.67. The average Bonchev–Trinajstić information content (AvgIpc) is 2.89. The van der Waals surface area contributed by atoms with Crippen molar-refractivity contribution in [1.29, 1.82) is 0 Å². The van der Waals surface area contributed by atoms with E-state index >= 15 is 0 Å². The maximum Gasteiger partial charge on any atom is 0.313 e. The van der Waals surface area contributed by atoms with Gasteiger partial charge in [-0.15, -0.1) is 0 Å². The highest BCUT2D eigenvalue weighted by molar-refractivity contribution is 8.14. The molecule has 3 rings (SSSR count). The number of thioether (sulfide) groups is 1. The summed E-state index contributed by atoms with van der Waals surface area (Å²) in [6.07, 6.45) is 1.49.